The molecule has 96 valence electrons. The van der Waals surface area contributed by atoms with Crippen molar-refractivity contribution in [1.82, 2.24) is 9.97 Å². The van der Waals surface area contributed by atoms with Gasteiger partial charge in [0.05, 0.1) is 6.61 Å². The van der Waals surface area contributed by atoms with E-state index in [0.29, 0.717) is 11.7 Å². The van der Waals surface area contributed by atoms with E-state index in [4.69, 9.17) is 16.7 Å². The van der Waals surface area contributed by atoms with Crippen LogP contribution in [-0.4, -0.2) is 34.8 Å². The first-order valence-corrected chi connectivity index (χ1v) is 6.36. The Kier molecular flexibility index (Phi) is 5.65. The van der Waals surface area contributed by atoms with Gasteiger partial charge in [-0.15, -0.1) is 0 Å². The molecule has 1 rings (SSSR count). The molecule has 0 spiro atoms. The summed E-state index contributed by atoms with van der Waals surface area (Å²) in [4.78, 5) is 10.7. The summed E-state index contributed by atoms with van der Waals surface area (Å²) in [6, 6.07) is 1.75. The van der Waals surface area contributed by atoms with Crippen LogP contribution in [0.4, 0.5) is 5.82 Å². The van der Waals surface area contributed by atoms with Crippen LogP contribution in [0.1, 0.15) is 38.9 Å². The lowest BCUT2D eigenvalue weighted by Gasteiger charge is -2.23. The van der Waals surface area contributed by atoms with E-state index in [9.17, 15) is 0 Å². The van der Waals surface area contributed by atoms with Gasteiger partial charge >= 0.3 is 0 Å². The highest BCUT2D eigenvalue weighted by atomic mass is 35.5. The molecular weight excluding hydrogens is 238 g/mol. The molecule has 1 aromatic heterocycles. The third-order valence-corrected chi connectivity index (χ3v) is 2.60. The molecule has 4 nitrogen and oxygen atoms in total. The normalized spacial score (nSPS) is 10.9. The number of hydrogen-bond donors (Lipinski definition) is 1. The summed E-state index contributed by atoms with van der Waals surface area (Å²) in [6.45, 7) is 7.69. The van der Waals surface area contributed by atoms with Crippen LogP contribution in [0, 0.1) is 0 Å². The number of rotatable bonds is 6. The van der Waals surface area contributed by atoms with Crippen LogP contribution in [0.5, 0.6) is 0 Å². The molecular formula is C12H20ClN3O. The van der Waals surface area contributed by atoms with Gasteiger partial charge in [0.25, 0.3) is 0 Å². The lowest BCUT2D eigenvalue weighted by atomic mass is 10.2. The fourth-order valence-electron chi connectivity index (χ4n) is 1.57. The fourth-order valence-corrected chi connectivity index (χ4v) is 1.76. The zero-order chi connectivity index (χ0) is 12.8. The van der Waals surface area contributed by atoms with Crippen molar-refractivity contribution < 1.29 is 5.11 Å². The first-order valence-electron chi connectivity index (χ1n) is 5.98. The maximum Gasteiger partial charge on any atom is 0.135 e. The van der Waals surface area contributed by atoms with Gasteiger partial charge in [-0.3, -0.25) is 0 Å². The number of anilines is 1. The van der Waals surface area contributed by atoms with Crippen LogP contribution in [0.3, 0.4) is 0 Å². The van der Waals surface area contributed by atoms with Crippen LogP contribution in [0.2, 0.25) is 5.15 Å². The van der Waals surface area contributed by atoms with E-state index in [1.54, 1.807) is 6.07 Å². The maximum absolute atomic E-state index is 9.05. The number of aliphatic hydroxyl groups excluding tert-OH is 1. The lowest BCUT2D eigenvalue weighted by molar-refractivity contribution is 0.301. The molecule has 1 heterocycles. The van der Waals surface area contributed by atoms with Crippen LogP contribution in [-0.2, 0) is 0 Å². The average molecular weight is 258 g/mol. The number of hydrogen-bond acceptors (Lipinski definition) is 4. The number of aliphatic hydroxyl groups is 1. The van der Waals surface area contributed by atoms with Gasteiger partial charge in [0.1, 0.15) is 16.8 Å². The lowest BCUT2D eigenvalue weighted by Crippen LogP contribution is -2.28. The summed E-state index contributed by atoms with van der Waals surface area (Å²) in [6.07, 6.45) is 0.999. The second kappa shape index (κ2) is 6.77. The van der Waals surface area contributed by atoms with Gasteiger partial charge in [0, 0.05) is 25.1 Å². The molecule has 0 aromatic carbocycles. The van der Waals surface area contributed by atoms with Crippen molar-refractivity contribution in [2.45, 2.75) is 33.1 Å². The van der Waals surface area contributed by atoms with Crippen LogP contribution >= 0.6 is 11.6 Å². The number of aromatic nitrogens is 2. The second-order valence-electron chi connectivity index (χ2n) is 4.27. The molecule has 0 fully saturated rings. The third kappa shape index (κ3) is 4.13. The Morgan fingerprint density at radius 3 is 2.59 bits per heavy atom. The minimum Gasteiger partial charge on any atom is -0.395 e. The van der Waals surface area contributed by atoms with Crippen LogP contribution in [0.15, 0.2) is 6.07 Å². The van der Waals surface area contributed by atoms with E-state index in [2.05, 4.69) is 16.9 Å². The van der Waals surface area contributed by atoms with Crippen LogP contribution in [0.25, 0.3) is 0 Å². The van der Waals surface area contributed by atoms with Gasteiger partial charge < -0.3 is 10.0 Å². The van der Waals surface area contributed by atoms with Crippen molar-refractivity contribution in [2.24, 2.45) is 0 Å². The number of halogens is 1. The minimum atomic E-state index is 0.110. The molecule has 5 heteroatoms. The highest BCUT2D eigenvalue weighted by molar-refractivity contribution is 6.29. The first-order chi connectivity index (χ1) is 8.08. The van der Waals surface area contributed by atoms with Gasteiger partial charge in [-0.25, -0.2) is 9.97 Å². The van der Waals surface area contributed by atoms with E-state index < -0.39 is 0 Å². The first kappa shape index (κ1) is 14.2. The van der Waals surface area contributed by atoms with Crippen molar-refractivity contribution in [3.8, 4) is 0 Å². The van der Waals surface area contributed by atoms with Gasteiger partial charge in [-0.1, -0.05) is 32.4 Å². The Morgan fingerprint density at radius 1 is 1.35 bits per heavy atom. The zero-order valence-corrected chi connectivity index (χ0v) is 11.4. The second-order valence-corrected chi connectivity index (χ2v) is 4.66. The van der Waals surface area contributed by atoms with E-state index in [1.165, 1.54) is 0 Å². The molecule has 0 aliphatic rings. The van der Waals surface area contributed by atoms with Crippen LogP contribution < -0.4 is 4.90 Å². The third-order valence-electron chi connectivity index (χ3n) is 2.40. The highest BCUT2D eigenvalue weighted by Gasteiger charge is 2.11. The summed E-state index contributed by atoms with van der Waals surface area (Å²) in [5.41, 5.74) is 0. The quantitative estimate of drug-likeness (QED) is 0.796. The average Bonchev–Trinajstić information content (AvgIpc) is 2.28. The van der Waals surface area contributed by atoms with Crippen molar-refractivity contribution in [1.29, 1.82) is 0 Å². The molecule has 0 saturated carbocycles. The topological polar surface area (TPSA) is 49.2 Å². The molecule has 0 radical (unpaired) electrons. The van der Waals surface area contributed by atoms with Crippen molar-refractivity contribution >= 4 is 17.4 Å². The van der Waals surface area contributed by atoms with E-state index in [1.807, 2.05) is 18.7 Å². The zero-order valence-electron chi connectivity index (χ0n) is 10.6. The monoisotopic (exact) mass is 257 g/mol. The van der Waals surface area contributed by atoms with Crippen molar-refractivity contribution in [3.05, 3.63) is 17.0 Å². The van der Waals surface area contributed by atoms with Crippen molar-refractivity contribution in [2.75, 3.05) is 24.6 Å². The van der Waals surface area contributed by atoms with E-state index in [-0.39, 0.29) is 12.5 Å². The summed E-state index contributed by atoms with van der Waals surface area (Å²) in [5.74, 6) is 1.78. The Labute approximate surface area is 108 Å². The standard InChI is InChI=1S/C12H20ClN3O/c1-4-5-16(6-7-17)11-8-10(13)14-12(15-11)9(2)3/h8-9,17H,4-7H2,1-3H3. The molecule has 17 heavy (non-hydrogen) atoms. The summed E-state index contributed by atoms with van der Waals surface area (Å²) >= 11 is 6.00. The predicted octanol–water partition coefficient (Wildman–Crippen LogP) is 2.46. The molecule has 0 atom stereocenters. The highest BCUT2D eigenvalue weighted by Crippen LogP contribution is 2.20. The summed E-state index contributed by atoms with van der Waals surface area (Å²) in [5, 5.41) is 9.51. The smallest absolute Gasteiger partial charge is 0.135 e. The van der Waals surface area contributed by atoms with Gasteiger partial charge in [0.2, 0.25) is 0 Å². The van der Waals surface area contributed by atoms with E-state index >= 15 is 0 Å². The largest absolute Gasteiger partial charge is 0.395 e. The maximum atomic E-state index is 9.05. The Morgan fingerprint density at radius 2 is 2.06 bits per heavy atom. The van der Waals surface area contributed by atoms with Gasteiger partial charge in [-0.05, 0) is 6.42 Å². The van der Waals surface area contributed by atoms with Crippen molar-refractivity contribution in [3.63, 3.8) is 0 Å². The molecule has 1 aromatic rings. The molecule has 0 bridgehead atoms. The van der Waals surface area contributed by atoms with E-state index in [0.717, 1.165) is 24.6 Å². The molecule has 0 unspecified atom stereocenters. The van der Waals surface area contributed by atoms with Gasteiger partial charge in [0.15, 0.2) is 0 Å². The molecule has 0 amide bonds. The Hall–Kier alpha value is -0.870. The SMILES string of the molecule is CCCN(CCO)c1cc(Cl)nc(C(C)C)n1. The Balaban J connectivity index is 3.00. The Bertz CT molecular complexity index is 352. The fraction of sp³-hybridized carbons (Fsp3) is 0.667. The molecule has 0 aliphatic carbocycles. The minimum absolute atomic E-state index is 0.110. The summed E-state index contributed by atoms with van der Waals surface area (Å²) < 4.78 is 0. The molecule has 0 saturated heterocycles. The number of nitrogens with zero attached hydrogens (tertiary/aromatic N) is 3. The molecule has 1 N–H and O–H groups in total. The van der Waals surface area contributed by atoms with Gasteiger partial charge in [-0.2, -0.15) is 0 Å². The predicted molar refractivity (Wildman–Crippen MR) is 70.7 cm³/mol. The molecule has 0 aliphatic heterocycles. The summed E-state index contributed by atoms with van der Waals surface area (Å²) in [7, 11) is 0.